The molecule has 3 aliphatic carbocycles. The van der Waals surface area contributed by atoms with Crippen molar-refractivity contribution >= 4 is 41.1 Å². The van der Waals surface area contributed by atoms with Gasteiger partial charge in [0.15, 0.2) is 0 Å². The van der Waals surface area contributed by atoms with Gasteiger partial charge in [0.25, 0.3) is 5.91 Å². The highest BCUT2D eigenvalue weighted by atomic mass is 32.2. The lowest BCUT2D eigenvalue weighted by atomic mass is 9.85. The molecular formula is C29H34N5O4S-. The van der Waals surface area contributed by atoms with E-state index in [4.69, 9.17) is 4.99 Å². The Balaban J connectivity index is 1.09. The fourth-order valence-electron chi connectivity index (χ4n) is 6.77. The van der Waals surface area contributed by atoms with Gasteiger partial charge in [-0.05, 0) is 55.4 Å². The van der Waals surface area contributed by atoms with Crippen LogP contribution in [0.25, 0.3) is 12.2 Å². The smallest absolute Gasteiger partial charge is 0.255 e. The molecule has 2 saturated heterocycles. The maximum Gasteiger partial charge on any atom is 0.255 e. The number of aromatic amines is 1. The first kappa shape index (κ1) is 25.2. The normalized spacial score (nSPS) is 29.3. The lowest BCUT2D eigenvalue weighted by Gasteiger charge is -2.42. The number of carbonyl (C=O) groups excluding carboxylic acids is 2. The van der Waals surface area contributed by atoms with Crippen LogP contribution in [-0.4, -0.2) is 83.8 Å². The molecule has 10 heteroatoms. The summed E-state index contributed by atoms with van der Waals surface area (Å²) in [5.74, 6) is 1.87. The van der Waals surface area contributed by atoms with Crippen molar-refractivity contribution in [2.75, 3.05) is 32.7 Å². The number of carbonyl (C=O) groups is 2. The van der Waals surface area contributed by atoms with E-state index >= 15 is 0 Å². The molecule has 39 heavy (non-hydrogen) atoms. The minimum Gasteiger partial charge on any atom is -0.760 e. The van der Waals surface area contributed by atoms with Crippen molar-refractivity contribution in [1.82, 2.24) is 19.1 Å². The van der Waals surface area contributed by atoms with Crippen molar-refractivity contribution in [3.05, 3.63) is 46.6 Å². The Labute approximate surface area is 230 Å². The van der Waals surface area contributed by atoms with Gasteiger partial charge in [-0.2, -0.15) is 0 Å². The van der Waals surface area contributed by atoms with Crippen molar-refractivity contribution < 1.29 is 18.4 Å². The standard InChI is InChI=1S/C29H35N5O4S/c35-27(22-5-6-22)32-16-19(17-32)18-34-26(31-29(28(34)36)10-13-33(14-11-29)39(37)38)21-3-1-20(2-4-21)23-7-8-25-24(15-23)9-12-30-25/h1-3,8-9,12,15,19,21-23,30H,4-7,10-11,13-14,16-18H2,(H,37,38)/p-1. The van der Waals surface area contributed by atoms with E-state index in [1.165, 1.54) is 20.4 Å². The number of allylic oxidation sites excluding steroid dienone is 3. The summed E-state index contributed by atoms with van der Waals surface area (Å²) in [7, 11) is 0. The molecule has 3 atom stereocenters. The first-order chi connectivity index (χ1) is 18.9. The van der Waals surface area contributed by atoms with E-state index in [1.807, 2.05) is 16.0 Å². The number of fused-ring (bicyclic) bond motifs is 1. The first-order valence-corrected chi connectivity index (χ1v) is 15.2. The molecule has 0 radical (unpaired) electrons. The maximum atomic E-state index is 13.9. The molecule has 3 aliphatic heterocycles. The van der Waals surface area contributed by atoms with Crippen LogP contribution in [0.5, 0.6) is 0 Å². The molecular weight excluding hydrogens is 514 g/mol. The molecule has 6 aliphatic rings. The SMILES string of the molecule is O=C(C1CC1)N1CC(CN2C(=O)C3(CCN(S(=O)[O-])CC3)N=C2C2C=CC(C3C=c4cc[nH]c4=CC3)=CC2)C1. The maximum absolute atomic E-state index is 13.9. The summed E-state index contributed by atoms with van der Waals surface area (Å²) in [4.78, 5) is 38.6. The van der Waals surface area contributed by atoms with Crippen molar-refractivity contribution in [2.24, 2.45) is 28.7 Å². The summed E-state index contributed by atoms with van der Waals surface area (Å²) in [6, 6.07) is 2.11. The number of amidine groups is 1. The summed E-state index contributed by atoms with van der Waals surface area (Å²) < 4.78 is 24.4. The molecule has 1 saturated carbocycles. The van der Waals surface area contributed by atoms with Crippen molar-refractivity contribution in [2.45, 2.75) is 44.1 Å². The van der Waals surface area contributed by atoms with Crippen LogP contribution in [0.15, 0.2) is 41.1 Å². The van der Waals surface area contributed by atoms with E-state index in [1.54, 1.807) is 0 Å². The summed E-state index contributed by atoms with van der Waals surface area (Å²) in [6.07, 6.45) is 17.8. The number of aromatic nitrogens is 1. The number of likely N-dealkylation sites (tertiary alicyclic amines) is 1. The minimum atomic E-state index is -2.28. The van der Waals surface area contributed by atoms with E-state index in [-0.39, 0.29) is 29.6 Å². The summed E-state index contributed by atoms with van der Waals surface area (Å²) >= 11 is -2.28. The molecule has 3 unspecified atom stereocenters. The van der Waals surface area contributed by atoms with Gasteiger partial charge < -0.3 is 14.4 Å². The van der Waals surface area contributed by atoms with Gasteiger partial charge in [0.1, 0.15) is 11.4 Å². The fraction of sp³-hybridized carbons (Fsp3) is 0.552. The Morgan fingerprint density at radius 3 is 2.62 bits per heavy atom. The number of amides is 2. The number of piperidine rings is 1. The Bertz CT molecular complexity index is 1430. The lowest BCUT2D eigenvalue weighted by Crippen LogP contribution is -2.57. The van der Waals surface area contributed by atoms with E-state index in [2.05, 4.69) is 41.4 Å². The molecule has 0 bridgehead atoms. The molecule has 4 heterocycles. The average molecular weight is 549 g/mol. The van der Waals surface area contributed by atoms with E-state index < -0.39 is 16.8 Å². The molecule has 1 aromatic rings. The molecule has 0 aromatic carbocycles. The van der Waals surface area contributed by atoms with Crippen LogP contribution < -0.4 is 10.6 Å². The van der Waals surface area contributed by atoms with Crippen LogP contribution in [-0.2, 0) is 20.9 Å². The molecule has 2 amide bonds. The zero-order valence-electron chi connectivity index (χ0n) is 22.0. The molecule has 7 rings (SSSR count). The van der Waals surface area contributed by atoms with Gasteiger partial charge in [-0.25, -0.2) is 4.31 Å². The van der Waals surface area contributed by atoms with E-state index in [0.717, 1.165) is 31.5 Å². The topological polar surface area (TPSA) is 112 Å². The van der Waals surface area contributed by atoms with Gasteiger partial charge in [0.05, 0.1) is 0 Å². The quantitative estimate of drug-likeness (QED) is 0.531. The number of nitrogens with zero attached hydrogens (tertiary/aromatic N) is 4. The fourth-order valence-corrected chi connectivity index (χ4v) is 7.25. The Morgan fingerprint density at radius 1 is 1.15 bits per heavy atom. The van der Waals surface area contributed by atoms with E-state index in [0.29, 0.717) is 51.5 Å². The zero-order chi connectivity index (χ0) is 26.7. The van der Waals surface area contributed by atoms with Gasteiger partial charge in [0, 0.05) is 79.2 Å². The van der Waals surface area contributed by atoms with Gasteiger partial charge >= 0.3 is 0 Å². The first-order valence-electron chi connectivity index (χ1n) is 14.2. The van der Waals surface area contributed by atoms with Gasteiger partial charge in [0.2, 0.25) is 5.91 Å². The zero-order valence-corrected chi connectivity index (χ0v) is 22.8. The minimum absolute atomic E-state index is 0.000761. The molecule has 9 nitrogen and oxygen atoms in total. The van der Waals surface area contributed by atoms with Crippen LogP contribution >= 0.6 is 0 Å². The molecule has 1 N–H and O–H groups in total. The van der Waals surface area contributed by atoms with Crippen LogP contribution in [0.3, 0.4) is 0 Å². The van der Waals surface area contributed by atoms with Crippen LogP contribution in [0.2, 0.25) is 0 Å². The third kappa shape index (κ3) is 4.56. The number of hydrogen-bond donors (Lipinski definition) is 1. The number of nitrogens with one attached hydrogen (secondary N) is 1. The summed E-state index contributed by atoms with van der Waals surface area (Å²) in [6.45, 7) is 2.57. The van der Waals surface area contributed by atoms with Gasteiger partial charge in [-0.1, -0.05) is 30.4 Å². The third-order valence-corrected chi connectivity index (χ3v) is 10.1. The van der Waals surface area contributed by atoms with Crippen molar-refractivity contribution in [3.63, 3.8) is 0 Å². The number of rotatable bonds is 6. The Hall–Kier alpha value is -2.82. The predicted octanol–water partition coefficient (Wildman–Crippen LogP) is 0.836. The average Bonchev–Trinajstić information content (AvgIpc) is 3.62. The van der Waals surface area contributed by atoms with E-state index in [9.17, 15) is 18.4 Å². The second kappa shape index (κ2) is 9.67. The van der Waals surface area contributed by atoms with Gasteiger partial charge in [-0.3, -0.25) is 23.7 Å². The Morgan fingerprint density at radius 2 is 1.92 bits per heavy atom. The Kier molecular flexibility index (Phi) is 6.24. The number of aliphatic imine (C=N–C) groups is 1. The van der Waals surface area contributed by atoms with Crippen LogP contribution in [0, 0.1) is 23.7 Å². The highest BCUT2D eigenvalue weighted by Crippen LogP contribution is 2.39. The number of H-pyrrole nitrogens is 1. The second-order valence-corrected chi connectivity index (χ2v) is 12.9. The number of hydrogen-bond acceptors (Lipinski definition) is 5. The highest BCUT2D eigenvalue weighted by Gasteiger charge is 2.52. The highest BCUT2D eigenvalue weighted by molar-refractivity contribution is 7.76. The lowest BCUT2D eigenvalue weighted by molar-refractivity contribution is -0.140. The molecule has 1 aromatic heterocycles. The second-order valence-electron chi connectivity index (χ2n) is 11.9. The third-order valence-electron chi connectivity index (χ3n) is 9.30. The molecule has 3 fully saturated rings. The van der Waals surface area contributed by atoms with Crippen molar-refractivity contribution in [3.8, 4) is 0 Å². The van der Waals surface area contributed by atoms with Crippen LogP contribution in [0.1, 0.15) is 38.5 Å². The molecule has 206 valence electrons. The predicted molar refractivity (Wildman–Crippen MR) is 147 cm³/mol. The largest absolute Gasteiger partial charge is 0.760 e. The summed E-state index contributed by atoms with van der Waals surface area (Å²) in [5, 5.41) is 2.42. The monoisotopic (exact) mass is 548 g/mol. The van der Waals surface area contributed by atoms with Crippen LogP contribution in [0.4, 0.5) is 0 Å². The van der Waals surface area contributed by atoms with Gasteiger partial charge in [-0.15, -0.1) is 0 Å². The summed E-state index contributed by atoms with van der Waals surface area (Å²) in [5.41, 5.74) is 0.410. The van der Waals surface area contributed by atoms with Crippen molar-refractivity contribution in [1.29, 1.82) is 0 Å². The molecule has 1 spiro atoms.